The maximum atomic E-state index is 8.88. The SMILES string of the molecule is O=P(O)(O)O.[AlH3].[Cr].[H-].[H-].[Mg+2]. The van der Waals surface area contributed by atoms with Gasteiger partial charge < -0.3 is 17.5 Å². The second-order valence-corrected chi connectivity index (χ2v) is 1.54. The van der Waals surface area contributed by atoms with Gasteiger partial charge in [-0.15, -0.1) is 0 Å². The Hall–Kier alpha value is 1.94. The fraction of sp³-hybridized carbons (Fsp3) is 0. The zero-order chi connectivity index (χ0) is 4.50. The number of rotatable bonds is 0. The summed E-state index contributed by atoms with van der Waals surface area (Å²) < 4.78 is 8.88. The first-order valence-corrected chi connectivity index (χ1v) is 2.35. The summed E-state index contributed by atoms with van der Waals surface area (Å²) >= 11 is 0. The molecule has 48 valence electrons. The summed E-state index contributed by atoms with van der Waals surface area (Å²) in [5, 5.41) is 0. The molecule has 4 nitrogen and oxygen atoms in total. The molecule has 0 fully saturated rings. The minimum absolute atomic E-state index is 0. The van der Waals surface area contributed by atoms with Crippen LogP contribution >= 0.6 is 7.82 Å². The maximum Gasteiger partial charge on any atom is 2.00 e. The average molecular weight is 206 g/mol. The van der Waals surface area contributed by atoms with Crippen molar-refractivity contribution in [1.82, 2.24) is 0 Å². The molecular weight excluding hydrogens is 198 g/mol. The Morgan fingerprint density at radius 3 is 1.25 bits per heavy atom. The van der Waals surface area contributed by atoms with Crippen LogP contribution in [0.25, 0.3) is 0 Å². The first-order valence-electron chi connectivity index (χ1n) is 0.783. The maximum absolute atomic E-state index is 8.88. The second-order valence-electron chi connectivity index (χ2n) is 0.513. The summed E-state index contributed by atoms with van der Waals surface area (Å²) in [6.45, 7) is 0. The van der Waals surface area contributed by atoms with E-state index in [-0.39, 0.29) is 60.6 Å². The van der Waals surface area contributed by atoms with E-state index in [1.807, 2.05) is 0 Å². The Morgan fingerprint density at radius 2 is 1.25 bits per heavy atom. The third-order valence-electron chi connectivity index (χ3n) is 0. The number of hydrogen-bond donors (Lipinski definition) is 3. The van der Waals surface area contributed by atoms with Crippen LogP contribution in [-0.2, 0) is 21.9 Å². The van der Waals surface area contributed by atoms with E-state index < -0.39 is 7.82 Å². The van der Waals surface area contributed by atoms with Gasteiger partial charge in [0.2, 0.25) is 0 Å². The van der Waals surface area contributed by atoms with Crippen LogP contribution in [0.3, 0.4) is 0 Å². The molecule has 0 aromatic rings. The Bertz CT molecular complexity index is 69.4. The van der Waals surface area contributed by atoms with E-state index in [0.717, 1.165) is 0 Å². The number of phosphoric acid groups is 1. The first kappa shape index (κ1) is 22.5. The van der Waals surface area contributed by atoms with Crippen LogP contribution in [0.15, 0.2) is 0 Å². The zero-order valence-corrected chi connectivity index (χ0v) is 6.90. The van der Waals surface area contributed by atoms with Crippen LogP contribution in [0.2, 0.25) is 0 Å². The predicted octanol–water partition coefficient (Wildman–Crippen LogP) is -2.27. The molecular formula is H8AlCrMgO4P. The largest absolute Gasteiger partial charge is 2.00 e. The molecule has 0 radical (unpaired) electrons. The Kier molecular flexibility index (Phi) is 25.2. The molecule has 3 N–H and O–H groups in total. The molecule has 0 atom stereocenters. The summed E-state index contributed by atoms with van der Waals surface area (Å²) in [6.07, 6.45) is 0. The minimum Gasteiger partial charge on any atom is -1.00 e. The van der Waals surface area contributed by atoms with E-state index in [1.54, 1.807) is 0 Å². The van der Waals surface area contributed by atoms with Gasteiger partial charge in [-0.25, -0.2) is 4.57 Å². The molecule has 0 aliphatic heterocycles. The smallest absolute Gasteiger partial charge is 1.00 e. The zero-order valence-electron chi connectivity index (χ0n) is 5.31. The van der Waals surface area contributed by atoms with Crippen LogP contribution < -0.4 is 0 Å². The summed E-state index contributed by atoms with van der Waals surface area (Å²) in [4.78, 5) is 21.6. The molecule has 0 saturated heterocycles. The van der Waals surface area contributed by atoms with Crippen molar-refractivity contribution in [2.75, 3.05) is 0 Å². The standard InChI is InChI=1S/Al.Cr.Mg.H3O4P.5H/c;;;1-5(2,3)4;;;;;/h;;;(H3,1,2,3,4);;;;;/q;;+2;;;;;2*-1. The molecule has 0 spiro atoms. The van der Waals surface area contributed by atoms with E-state index >= 15 is 0 Å². The van der Waals surface area contributed by atoms with Gasteiger partial charge in [0.15, 0.2) is 17.4 Å². The molecule has 8 heavy (non-hydrogen) atoms. The van der Waals surface area contributed by atoms with E-state index in [1.165, 1.54) is 0 Å². The van der Waals surface area contributed by atoms with Gasteiger partial charge in [-0.05, 0) is 0 Å². The van der Waals surface area contributed by atoms with E-state index in [9.17, 15) is 0 Å². The molecule has 0 bridgehead atoms. The fourth-order valence-electron chi connectivity index (χ4n) is 0. The van der Waals surface area contributed by atoms with Crippen LogP contribution in [0, 0.1) is 0 Å². The van der Waals surface area contributed by atoms with E-state index in [4.69, 9.17) is 19.2 Å². The molecule has 0 aliphatic rings. The fourth-order valence-corrected chi connectivity index (χ4v) is 0. The minimum atomic E-state index is -4.64. The summed E-state index contributed by atoms with van der Waals surface area (Å²) in [5.74, 6) is 0. The predicted molar refractivity (Wildman–Crippen MR) is 32.2 cm³/mol. The van der Waals surface area contributed by atoms with Gasteiger partial charge in [-0.2, -0.15) is 0 Å². The Morgan fingerprint density at radius 1 is 1.25 bits per heavy atom. The monoisotopic (exact) mass is 206 g/mol. The Balaban J connectivity index is -0.00000000800. The summed E-state index contributed by atoms with van der Waals surface area (Å²) in [5.41, 5.74) is 0. The third kappa shape index (κ3) is 102. The molecule has 0 heterocycles. The molecule has 0 amide bonds. The molecule has 8 heteroatoms. The molecule has 0 aliphatic carbocycles. The van der Waals surface area contributed by atoms with Crippen LogP contribution in [-0.4, -0.2) is 55.1 Å². The van der Waals surface area contributed by atoms with Crippen molar-refractivity contribution in [1.29, 1.82) is 0 Å². The van der Waals surface area contributed by atoms with Crippen LogP contribution in [0.4, 0.5) is 0 Å². The molecule has 0 rings (SSSR count). The van der Waals surface area contributed by atoms with Gasteiger partial charge in [0, 0.05) is 17.4 Å². The summed E-state index contributed by atoms with van der Waals surface area (Å²) in [7, 11) is -4.64. The van der Waals surface area contributed by atoms with Crippen LogP contribution in [0.5, 0.6) is 0 Å². The van der Waals surface area contributed by atoms with Gasteiger partial charge in [-0.1, -0.05) is 0 Å². The van der Waals surface area contributed by atoms with E-state index in [0.29, 0.717) is 0 Å². The van der Waals surface area contributed by atoms with Gasteiger partial charge in [-0.3, -0.25) is 0 Å². The quantitative estimate of drug-likeness (QED) is 0.308. The van der Waals surface area contributed by atoms with Crippen molar-refractivity contribution >= 4 is 48.2 Å². The normalized spacial score (nSPS) is 7.38. The van der Waals surface area contributed by atoms with Gasteiger partial charge in [0.1, 0.15) is 0 Å². The van der Waals surface area contributed by atoms with Gasteiger partial charge >= 0.3 is 30.9 Å². The van der Waals surface area contributed by atoms with Crippen molar-refractivity contribution in [2.24, 2.45) is 0 Å². The summed E-state index contributed by atoms with van der Waals surface area (Å²) in [6, 6.07) is 0. The van der Waals surface area contributed by atoms with Gasteiger partial charge in [0.25, 0.3) is 0 Å². The first-order chi connectivity index (χ1) is 2.00. The molecule has 0 saturated carbocycles. The van der Waals surface area contributed by atoms with Gasteiger partial charge in [0.05, 0.1) is 0 Å². The van der Waals surface area contributed by atoms with Crippen molar-refractivity contribution in [2.45, 2.75) is 0 Å². The van der Waals surface area contributed by atoms with Crippen LogP contribution in [0.1, 0.15) is 2.85 Å². The van der Waals surface area contributed by atoms with Crippen molar-refractivity contribution in [3.05, 3.63) is 0 Å². The third-order valence-corrected chi connectivity index (χ3v) is 0. The van der Waals surface area contributed by atoms with E-state index in [2.05, 4.69) is 0 Å². The van der Waals surface area contributed by atoms with Crippen molar-refractivity contribution in [3.8, 4) is 0 Å². The average Bonchev–Trinajstić information content (AvgIpc) is 0.722. The number of hydrogen-bond acceptors (Lipinski definition) is 1. The Labute approximate surface area is 87.3 Å². The molecule has 0 unspecified atom stereocenters. The molecule has 0 aromatic carbocycles. The van der Waals surface area contributed by atoms with Crippen molar-refractivity contribution < 1.29 is 39.5 Å². The molecule has 0 aromatic heterocycles. The second kappa shape index (κ2) is 8.94. The van der Waals surface area contributed by atoms with Crippen molar-refractivity contribution in [3.63, 3.8) is 0 Å². The topological polar surface area (TPSA) is 77.8 Å².